The van der Waals surface area contributed by atoms with Crippen molar-refractivity contribution in [1.29, 1.82) is 0 Å². The summed E-state index contributed by atoms with van der Waals surface area (Å²) in [6.45, 7) is 2.90. The molecule has 0 spiro atoms. The van der Waals surface area contributed by atoms with E-state index in [4.69, 9.17) is 0 Å². The smallest absolute Gasteiger partial charge is 0.319 e. The molecule has 2 amide bonds. The summed E-state index contributed by atoms with van der Waals surface area (Å²) in [7, 11) is 2.10. The highest BCUT2D eigenvalue weighted by Crippen LogP contribution is 2.30. The maximum atomic E-state index is 12.3. The van der Waals surface area contributed by atoms with Gasteiger partial charge in [-0.05, 0) is 37.6 Å². The summed E-state index contributed by atoms with van der Waals surface area (Å²) in [4.78, 5) is 18.7. The molecule has 0 aliphatic carbocycles. The lowest BCUT2D eigenvalue weighted by atomic mass is 10.0. The molecule has 1 aromatic carbocycles. The van der Waals surface area contributed by atoms with Gasteiger partial charge in [0.25, 0.3) is 0 Å². The van der Waals surface area contributed by atoms with E-state index in [2.05, 4.69) is 39.7 Å². The lowest BCUT2D eigenvalue weighted by Gasteiger charge is -2.26. The van der Waals surface area contributed by atoms with Crippen LogP contribution in [0.5, 0.6) is 0 Å². The first-order valence-corrected chi connectivity index (χ1v) is 7.88. The number of urea groups is 1. The molecule has 2 heterocycles. The molecule has 3 rings (SSSR count). The molecule has 1 aliphatic heterocycles. The Balaban J connectivity index is 1.69. The van der Waals surface area contributed by atoms with Crippen molar-refractivity contribution in [3.63, 3.8) is 0 Å². The first kappa shape index (κ1) is 15.5. The number of anilines is 1. The molecular weight excluding hydrogens is 288 g/mol. The molecule has 1 aromatic heterocycles. The van der Waals surface area contributed by atoms with Crippen LogP contribution in [0.25, 0.3) is 0 Å². The van der Waals surface area contributed by atoms with E-state index in [1.165, 1.54) is 5.56 Å². The van der Waals surface area contributed by atoms with E-state index in [1.807, 2.05) is 31.2 Å². The van der Waals surface area contributed by atoms with Crippen molar-refractivity contribution in [1.82, 2.24) is 15.2 Å². The lowest BCUT2D eigenvalue weighted by molar-refractivity contribution is 0.240. The van der Waals surface area contributed by atoms with Gasteiger partial charge in [0, 0.05) is 24.6 Å². The van der Waals surface area contributed by atoms with Crippen LogP contribution in [-0.4, -0.2) is 35.5 Å². The topological polar surface area (TPSA) is 57.3 Å². The van der Waals surface area contributed by atoms with E-state index < -0.39 is 0 Å². The standard InChI is InChI=1S/C18H22N4O/c1-13-12-19-10-8-15(13)20-18(23)21-16-9-11-22(2)17(16)14-6-4-3-5-7-14/h3-8,10,12,16-17H,9,11H2,1-2H3,(H2,19,20,21,23)/t16-,17+/m0/s1. The van der Waals surface area contributed by atoms with Crippen molar-refractivity contribution < 1.29 is 4.79 Å². The van der Waals surface area contributed by atoms with E-state index in [9.17, 15) is 4.79 Å². The molecule has 1 saturated heterocycles. The van der Waals surface area contributed by atoms with E-state index in [0.717, 1.165) is 24.2 Å². The van der Waals surface area contributed by atoms with Crippen LogP contribution >= 0.6 is 0 Å². The van der Waals surface area contributed by atoms with Gasteiger partial charge in [-0.3, -0.25) is 9.88 Å². The molecule has 1 fully saturated rings. The summed E-state index contributed by atoms with van der Waals surface area (Å²) in [5.74, 6) is 0. The lowest BCUT2D eigenvalue weighted by Crippen LogP contribution is -2.41. The van der Waals surface area contributed by atoms with Crippen LogP contribution < -0.4 is 10.6 Å². The number of rotatable bonds is 3. The number of likely N-dealkylation sites (N-methyl/N-ethyl adjacent to an activating group) is 1. The minimum Gasteiger partial charge on any atom is -0.333 e. The third-order valence-electron chi connectivity index (χ3n) is 4.37. The maximum absolute atomic E-state index is 12.3. The normalized spacial score (nSPS) is 21.1. The zero-order chi connectivity index (χ0) is 16.2. The van der Waals surface area contributed by atoms with Crippen LogP contribution in [0.4, 0.5) is 10.5 Å². The molecule has 0 unspecified atom stereocenters. The molecule has 0 bridgehead atoms. The predicted molar refractivity (Wildman–Crippen MR) is 91.3 cm³/mol. The van der Waals surface area contributed by atoms with Crippen LogP contribution in [0.1, 0.15) is 23.6 Å². The number of likely N-dealkylation sites (tertiary alicyclic amines) is 1. The monoisotopic (exact) mass is 310 g/mol. The number of carbonyl (C=O) groups is 1. The van der Waals surface area contributed by atoms with E-state index in [-0.39, 0.29) is 18.1 Å². The number of nitrogens with one attached hydrogen (secondary N) is 2. The average molecular weight is 310 g/mol. The van der Waals surface area contributed by atoms with Gasteiger partial charge in [0.15, 0.2) is 0 Å². The zero-order valence-corrected chi connectivity index (χ0v) is 13.5. The fourth-order valence-electron chi connectivity index (χ4n) is 3.18. The SMILES string of the molecule is Cc1cnccc1NC(=O)N[C@H]1CCN(C)[C@@H]1c1ccccc1. The number of nitrogens with zero attached hydrogens (tertiary/aromatic N) is 2. The van der Waals surface area contributed by atoms with Crippen molar-refractivity contribution in [3.8, 4) is 0 Å². The van der Waals surface area contributed by atoms with Gasteiger partial charge in [0.05, 0.1) is 12.1 Å². The molecule has 5 heteroatoms. The van der Waals surface area contributed by atoms with Crippen molar-refractivity contribution in [3.05, 3.63) is 59.9 Å². The molecule has 120 valence electrons. The Morgan fingerprint density at radius 2 is 2.04 bits per heavy atom. The van der Waals surface area contributed by atoms with Crippen molar-refractivity contribution in [2.24, 2.45) is 0 Å². The Labute approximate surface area is 136 Å². The number of aromatic nitrogens is 1. The molecular formula is C18H22N4O. The Morgan fingerprint density at radius 1 is 1.26 bits per heavy atom. The quantitative estimate of drug-likeness (QED) is 0.916. The second-order valence-corrected chi connectivity index (χ2v) is 6.02. The molecule has 2 aromatic rings. The first-order chi connectivity index (χ1) is 11.1. The molecule has 5 nitrogen and oxygen atoms in total. The minimum absolute atomic E-state index is 0.101. The number of benzene rings is 1. The Bertz CT molecular complexity index is 674. The summed E-state index contributed by atoms with van der Waals surface area (Å²) >= 11 is 0. The van der Waals surface area contributed by atoms with Gasteiger partial charge in [0.1, 0.15) is 0 Å². The fraction of sp³-hybridized carbons (Fsp3) is 0.333. The van der Waals surface area contributed by atoms with Gasteiger partial charge in [-0.15, -0.1) is 0 Å². The molecule has 0 radical (unpaired) electrons. The van der Waals surface area contributed by atoms with Gasteiger partial charge >= 0.3 is 6.03 Å². The summed E-state index contributed by atoms with van der Waals surface area (Å²) in [5.41, 5.74) is 2.98. The largest absolute Gasteiger partial charge is 0.333 e. The van der Waals surface area contributed by atoms with E-state index in [0.29, 0.717) is 0 Å². The van der Waals surface area contributed by atoms with E-state index >= 15 is 0 Å². The summed E-state index contributed by atoms with van der Waals surface area (Å²) in [5, 5.41) is 6.04. The van der Waals surface area contributed by atoms with Crippen LogP contribution in [0.2, 0.25) is 0 Å². The third-order valence-corrected chi connectivity index (χ3v) is 4.37. The summed E-state index contributed by atoms with van der Waals surface area (Å²) in [6.07, 6.45) is 4.36. The molecule has 0 saturated carbocycles. The second-order valence-electron chi connectivity index (χ2n) is 6.02. The average Bonchev–Trinajstić information content (AvgIpc) is 2.91. The van der Waals surface area contributed by atoms with Gasteiger partial charge < -0.3 is 10.6 Å². The Kier molecular flexibility index (Phi) is 4.57. The Hall–Kier alpha value is -2.40. The number of hydrogen-bond donors (Lipinski definition) is 2. The number of aryl methyl sites for hydroxylation is 1. The van der Waals surface area contributed by atoms with Crippen LogP contribution in [0.15, 0.2) is 48.8 Å². The number of amides is 2. The molecule has 2 atom stereocenters. The second kappa shape index (κ2) is 6.79. The molecule has 23 heavy (non-hydrogen) atoms. The zero-order valence-electron chi connectivity index (χ0n) is 13.5. The van der Waals surface area contributed by atoms with Crippen molar-refractivity contribution in [2.75, 3.05) is 18.9 Å². The van der Waals surface area contributed by atoms with Gasteiger partial charge in [-0.25, -0.2) is 4.79 Å². The number of hydrogen-bond acceptors (Lipinski definition) is 3. The molecule has 2 N–H and O–H groups in total. The van der Waals surface area contributed by atoms with Crippen molar-refractivity contribution >= 4 is 11.7 Å². The highest BCUT2D eigenvalue weighted by atomic mass is 16.2. The van der Waals surface area contributed by atoms with Gasteiger partial charge in [-0.2, -0.15) is 0 Å². The highest BCUT2D eigenvalue weighted by Gasteiger charge is 2.33. The summed E-state index contributed by atoms with van der Waals surface area (Å²) < 4.78 is 0. The third kappa shape index (κ3) is 3.51. The highest BCUT2D eigenvalue weighted by molar-refractivity contribution is 5.90. The van der Waals surface area contributed by atoms with Crippen molar-refractivity contribution in [2.45, 2.75) is 25.4 Å². The van der Waals surface area contributed by atoms with Gasteiger partial charge in [-0.1, -0.05) is 30.3 Å². The maximum Gasteiger partial charge on any atom is 0.319 e. The van der Waals surface area contributed by atoms with Gasteiger partial charge in [0.2, 0.25) is 0 Å². The van der Waals surface area contributed by atoms with Crippen LogP contribution in [0.3, 0.4) is 0 Å². The van der Waals surface area contributed by atoms with Crippen LogP contribution in [0, 0.1) is 6.92 Å². The minimum atomic E-state index is -0.166. The predicted octanol–water partition coefficient (Wildman–Crippen LogP) is 2.96. The summed E-state index contributed by atoms with van der Waals surface area (Å²) in [6, 6.07) is 12.3. The van der Waals surface area contributed by atoms with E-state index in [1.54, 1.807) is 12.4 Å². The Morgan fingerprint density at radius 3 is 2.78 bits per heavy atom. The number of carbonyl (C=O) groups excluding carboxylic acids is 1. The number of pyridine rings is 1. The van der Waals surface area contributed by atoms with Crippen LogP contribution in [-0.2, 0) is 0 Å². The first-order valence-electron chi connectivity index (χ1n) is 7.88. The fourth-order valence-corrected chi connectivity index (χ4v) is 3.18. The molecule has 1 aliphatic rings.